The highest BCUT2D eigenvalue weighted by molar-refractivity contribution is 5.37. The number of hydrogen-bond acceptors (Lipinski definition) is 3. The average Bonchev–Trinajstić information content (AvgIpc) is 2.48. The number of aryl methyl sites for hydroxylation is 1. The van der Waals surface area contributed by atoms with Gasteiger partial charge in [-0.2, -0.15) is 4.98 Å². The van der Waals surface area contributed by atoms with Gasteiger partial charge in [0.25, 0.3) is 0 Å². The minimum absolute atomic E-state index is 0.320. The third kappa shape index (κ3) is 2.67. The van der Waals surface area contributed by atoms with Crippen molar-refractivity contribution in [3.05, 3.63) is 47.4 Å². The highest BCUT2D eigenvalue weighted by atomic mass is 16.5. The molecule has 2 aromatic rings. The van der Waals surface area contributed by atoms with Crippen LogP contribution in [-0.2, 0) is 12.8 Å². The van der Waals surface area contributed by atoms with Gasteiger partial charge in [-0.3, -0.25) is 0 Å². The Morgan fingerprint density at radius 1 is 1.00 bits per heavy atom. The zero-order valence-electron chi connectivity index (χ0n) is 12.1. The van der Waals surface area contributed by atoms with E-state index in [1.54, 1.807) is 0 Å². The summed E-state index contributed by atoms with van der Waals surface area (Å²) in [7, 11) is 0. The van der Waals surface area contributed by atoms with Crippen molar-refractivity contribution in [2.24, 2.45) is 0 Å². The van der Waals surface area contributed by atoms with Gasteiger partial charge in [0.15, 0.2) is 0 Å². The first-order chi connectivity index (χ1) is 9.74. The molecular formula is C17H20N2O. The number of fused-ring (bicyclic) bond motifs is 1. The van der Waals surface area contributed by atoms with E-state index in [-0.39, 0.29) is 0 Å². The van der Waals surface area contributed by atoms with Gasteiger partial charge < -0.3 is 4.74 Å². The minimum atomic E-state index is 0.320. The van der Waals surface area contributed by atoms with Crippen LogP contribution in [0.3, 0.4) is 0 Å². The van der Waals surface area contributed by atoms with Crippen molar-refractivity contribution in [2.45, 2.75) is 45.4 Å². The lowest BCUT2D eigenvalue weighted by molar-refractivity contribution is 0.441. The molecular weight excluding hydrogens is 248 g/mol. The van der Waals surface area contributed by atoms with Crippen molar-refractivity contribution in [1.29, 1.82) is 0 Å². The fraction of sp³-hybridized carbons (Fsp3) is 0.412. The maximum absolute atomic E-state index is 6.02. The highest BCUT2D eigenvalue weighted by Crippen LogP contribution is 2.31. The summed E-state index contributed by atoms with van der Waals surface area (Å²) in [5.74, 6) is 2.80. The summed E-state index contributed by atoms with van der Waals surface area (Å²) in [5, 5.41) is 0. The number of rotatable bonds is 3. The number of nitrogens with zero attached hydrogens (tertiary/aromatic N) is 2. The lowest BCUT2D eigenvalue weighted by Crippen LogP contribution is -2.12. The Labute approximate surface area is 120 Å². The second kappa shape index (κ2) is 5.61. The predicted octanol–water partition coefficient (Wildman–Crippen LogP) is 4.27. The van der Waals surface area contributed by atoms with Gasteiger partial charge in [0.1, 0.15) is 11.6 Å². The molecule has 0 bridgehead atoms. The third-order valence-electron chi connectivity index (χ3n) is 3.64. The monoisotopic (exact) mass is 268 g/mol. The first kappa shape index (κ1) is 13.1. The van der Waals surface area contributed by atoms with Gasteiger partial charge in [-0.1, -0.05) is 32.0 Å². The van der Waals surface area contributed by atoms with Crippen molar-refractivity contribution in [2.75, 3.05) is 0 Å². The summed E-state index contributed by atoms with van der Waals surface area (Å²) in [5.41, 5.74) is 2.38. The number of para-hydroxylation sites is 1. The van der Waals surface area contributed by atoms with Crippen molar-refractivity contribution >= 4 is 0 Å². The number of ether oxygens (including phenoxy) is 1. The SMILES string of the molecule is CC(C)c1nc2c(c(Oc3ccccc3)n1)CCCC2. The first-order valence-electron chi connectivity index (χ1n) is 7.36. The zero-order chi connectivity index (χ0) is 13.9. The maximum atomic E-state index is 6.02. The van der Waals surface area contributed by atoms with E-state index in [1.807, 2.05) is 30.3 Å². The Balaban J connectivity index is 2.01. The van der Waals surface area contributed by atoms with Crippen LogP contribution in [0.1, 0.15) is 49.7 Å². The quantitative estimate of drug-likeness (QED) is 0.833. The molecule has 1 aromatic carbocycles. The Morgan fingerprint density at radius 2 is 1.75 bits per heavy atom. The molecule has 0 saturated heterocycles. The molecule has 104 valence electrons. The summed E-state index contributed by atoms with van der Waals surface area (Å²) in [6, 6.07) is 9.87. The summed E-state index contributed by atoms with van der Waals surface area (Å²) < 4.78 is 6.02. The Hall–Kier alpha value is -1.90. The molecule has 0 fully saturated rings. The van der Waals surface area contributed by atoms with E-state index >= 15 is 0 Å². The van der Waals surface area contributed by atoms with Gasteiger partial charge in [0, 0.05) is 11.5 Å². The van der Waals surface area contributed by atoms with Crippen molar-refractivity contribution < 1.29 is 4.74 Å². The van der Waals surface area contributed by atoms with Crippen LogP contribution in [0.15, 0.2) is 30.3 Å². The topological polar surface area (TPSA) is 35.0 Å². The van der Waals surface area contributed by atoms with Crippen LogP contribution in [0.5, 0.6) is 11.6 Å². The summed E-state index contributed by atoms with van der Waals surface area (Å²) in [6.45, 7) is 4.24. The van der Waals surface area contributed by atoms with E-state index < -0.39 is 0 Å². The Kier molecular flexibility index (Phi) is 3.68. The van der Waals surface area contributed by atoms with Crippen LogP contribution >= 0.6 is 0 Å². The molecule has 20 heavy (non-hydrogen) atoms. The van der Waals surface area contributed by atoms with E-state index in [9.17, 15) is 0 Å². The van der Waals surface area contributed by atoms with E-state index in [4.69, 9.17) is 9.72 Å². The van der Waals surface area contributed by atoms with Crippen LogP contribution in [0.25, 0.3) is 0 Å². The summed E-state index contributed by atoms with van der Waals surface area (Å²) >= 11 is 0. The van der Waals surface area contributed by atoms with E-state index in [0.29, 0.717) is 5.92 Å². The Bertz CT molecular complexity index is 593. The summed E-state index contributed by atoms with van der Waals surface area (Å²) in [4.78, 5) is 9.37. The third-order valence-corrected chi connectivity index (χ3v) is 3.64. The first-order valence-corrected chi connectivity index (χ1v) is 7.36. The normalized spacial score (nSPS) is 14.2. The fourth-order valence-corrected chi connectivity index (χ4v) is 2.52. The molecule has 0 N–H and O–H groups in total. The molecule has 0 amide bonds. The van der Waals surface area contributed by atoms with Gasteiger partial charge in [-0.25, -0.2) is 4.98 Å². The number of aromatic nitrogens is 2. The molecule has 1 aliphatic rings. The molecule has 3 rings (SSSR count). The predicted molar refractivity (Wildman–Crippen MR) is 79.3 cm³/mol. The lowest BCUT2D eigenvalue weighted by Gasteiger charge is -2.19. The van der Waals surface area contributed by atoms with E-state index in [0.717, 1.165) is 30.3 Å². The van der Waals surface area contributed by atoms with Crippen LogP contribution in [-0.4, -0.2) is 9.97 Å². The fourth-order valence-electron chi connectivity index (χ4n) is 2.52. The van der Waals surface area contributed by atoms with Gasteiger partial charge >= 0.3 is 0 Å². The van der Waals surface area contributed by atoms with Crippen molar-refractivity contribution in [1.82, 2.24) is 9.97 Å². The second-order valence-electron chi connectivity index (χ2n) is 5.59. The Morgan fingerprint density at radius 3 is 2.50 bits per heavy atom. The minimum Gasteiger partial charge on any atom is -0.439 e. The van der Waals surface area contributed by atoms with Gasteiger partial charge in [0.2, 0.25) is 5.88 Å². The average molecular weight is 268 g/mol. The number of benzene rings is 1. The molecule has 0 saturated carbocycles. The highest BCUT2D eigenvalue weighted by Gasteiger charge is 2.20. The molecule has 0 unspecified atom stereocenters. The molecule has 1 heterocycles. The standard InChI is InChI=1S/C17H20N2O/c1-12(2)16-18-15-11-7-6-10-14(15)17(19-16)20-13-8-4-3-5-9-13/h3-5,8-9,12H,6-7,10-11H2,1-2H3. The van der Waals surface area contributed by atoms with Crippen molar-refractivity contribution in [3.63, 3.8) is 0 Å². The molecule has 0 radical (unpaired) electrons. The van der Waals surface area contributed by atoms with Crippen LogP contribution in [0.2, 0.25) is 0 Å². The molecule has 1 aromatic heterocycles. The van der Waals surface area contributed by atoms with Gasteiger partial charge in [-0.15, -0.1) is 0 Å². The number of hydrogen-bond donors (Lipinski definition) is 0. The molecule has 0 atom stereocenters. The molecule has 0 aliphatic heterocycles. The molecule has 0 spiro atoms. The van der Waals surface area contributed by atoms with Crippen LogP contribution < -0.4 is 4.74 Å². The van der Waals surface area contributed by atoms with Crippen LogP contribution in [0.4, 0.5) is 0 Å². The second-order valence-corrected chi connectivity index (χ2v) is 5.59. The summed E-state index contributed by atoms with van der Waals surface area (Å²) in [6.07, 6.45) is 4.48. The van der Waals surface area contributed by atoms with Gasteiger partial charge in [-0.05, 0) is 37.8 Å². The molecule has 3 heteroatoms. The largest absolute Gasteiger partial charge is 0.439 e. The molecule has 1 aliphatic carbocycles. The maximum Gasteiger partial charge on any atom is 0.226 e. The lowest BCUT2D eigenvalue weighted by atomic mass is 9.96. The zero-order valence-corrected chi connectivity index (χ0v) is 12.1. The van der Waals surface area contributed by atoms with E-state index in [2.05, 4.69) is 18.8 Å². The smallest absolute Gasteiger partial charge is 0.226 e. The molecule has 3 nitrogen and oxygen atoms in total. The van der Waals surface area contributed by atoms with Crippen LogP contribution in [0, 0.1) is 0 Å². The van der Waals surface area contributed by atoms with Crippen molar-refractivity contribution in [3.8, 4) is 11.6 Å². The van der Waals surface area contributed by atoms with E-state index in [1.165, 1.54) is 24.1 Å². The van der Waals surface area contributed by atoms with Gasteiger partial charge in [0.05, 0.1) is 5.69 Å².